The Labute approximate surface area is 150 Å². The summed E-state index contributed by atoms with van der Waals surface area (Å²) in [4.78, 5) is 16.3. The van der Waals surface area contributed by atoms with Gasteiger partial charge in [-0.05, 0) is 48.0 Å². The van der Waals surface area contributed by atoms with Crippen molar-refractivity contribution in [2.45, 2.75) is 6.61 Å². The highest BCUT2D eigenvalue weighted by Gasteiger charge is 2.07. The van der Waals surface area contributed by atoms with Gasteiger partial charge in [0.2, 0.25) is 5.88 Å². The molecular formula is C20H15N3O3. The largest absolute Gasteiger partial charge is 0.439 e. The summed E-state index contributed by atoms with van der Waals surface area (Å²) in [5, 5.41) is 20.5. The number of carbonyl (C=O) groups is 1. The molecule has 3 aromatic rings. The number of nitrogens with one attached hydrogen (secondary N) is 1. The van der Waals surface area contributed by atoms with Crippen molar-refractivity contribution in [2.24, 2.45) is 0 Å². The molecule has 6 nitrogen and oxygen atoms in total. The number of hydrogen-bond donors (Lipinski definition) is 2. The summed E-state index contributed by atoms with van der Waals surface area (Å²) in [5.41, 5.74) is 2.28. The predicted octanol–water partition coefficient (Wildman–Crippen LogP) is 3.49. The molecule has 0 saturated carbocycles. The Morgan fingerprint density at radius 1 is 1.08 bits per heavy atom. The van der Waals surface area contributed by atoms with Crippen LogP contribution in [0.5, 0.6) is 11.6 Å². The number of carbonyl (C=O) groups excluding carboxylic acids is 1. The van der Waals surface area contributed by atoms with E-state index in [1.165, 1.54) is 6.20 Å². The van der Waals surface area contributed by atoms with Crippen LogP contribution in [0.2, 0.25) is 0 Å². The second-order valence-electron chi connectivity index (χ2n) is 5.43. The molecule has 0 saturated heterocycles. The van der Waals surface area contributed by atoms with E-state index >= 15 is 0 Å². The molecule has 1 amide bonds. The third kappa shape index (κ3) is 4.23. The Bertz CT molecular complexity index is 928. The summed E-state index contributed by atoms with van der Waals surface area (Å²) in [7, 11) is 0. The van der Waals surface area contributed by atoms with Gasteiger partial charge in [0.25, 0.3) is 5.91 Å². The predicted molar refractivity (Wildman–Crippen MR) is 95.8 cm³/mol. The van der Waals surface area contributed by atoms with Crippen molar-refractivity contribution in [3.05, 3.63) is 83.6 Å². The van der Waals surface area contributed by atoms with Crippen LogP contribution in [0.15, 0.2) is 66.9 Å². The van der Waals surface area contributed by atoms with Gasteiger partial charge in [0.15, 0.2) is 0 Å². The Hall–Kier alpha value is -3.69. The number of aromatic nitrogens is 1. The van der Waals surface area contributed by atoms with Gasteiger partial charge in [0.1, 0.15) is 5.75 Å². The zero-order chi connectivity index (χ0) is 18.4. The molecule has 0 fully saturated rings. The van der Waals surface area contributed by atoms with Crippen molar-refractivity contribution in [1.82, 2.24) is 4.98 Å². The number of aliphatic hydroxyl groups is 1. The lowest BCUT2D eigenvalue weighted by atomic mass is 10.1. The molecule has 1 aromatic heterocycles. The smallest absolute Gasteiger partial charge is 0.255 e. The van der Waals surface area contributed by atoms with Gasteiger partial charge < -0.3 is 15.2 Å². The summed E-state index contributed by atoms with van der Waals surface area (Å²) in [5.74, 6) is 0.701. The van der Waals surface area contributed by atoms with Crippen LogP contribution in [0, 0.1) is 11.3 Å². The molecule has 0 radical (unpaired) electrons. The molecular weight excluding hydrogens is 330 g/mol. The van der Waals surface area contributed by atoms with Crippen LogP contribution in [0.25, 0.3) is 0 Å². The molecule has 0 aliphatic carbocycles. The summed E-state index contributed by atoms with van der Waals surface area (Å²) >= 11 is 0. The number of pyridine rings is 1. The molecule has 0 bridgehead atoms. The first-order valence-corrected chi connectivity index (χ1v) is 7.83. The highest BCUT2D eigenvalue weighted by molar-refractivity contribution is 6.04. The number of nitrogens with zero attached hydrogens (tertiary/aromatic N) is 2. The molecule has 0 aliphatic heterocycles. The fourth-order valence-electron chi connectivity index (χ4n) is 2.20. The first-order valence-electron chi connectivity index (χ1n) is 7.83. The van der Waals surface area contributed by atoms with Gasteiger partial charge in [0, 0.05) is 11.6 Å². The standard InChI is InChI=1S/C20H15N3O3/c21-11-14-1-5-16(6-2-14)20(25)23-17-7-10-19(22-12-17)26-18-8-3-15(13-24)4-9-18/h1-10,12,24H,13H2,(H,23,25). The number of nitriles is 1. The normalized spacial score (nSPS) is 10.0. The number of aliphatic hydroxyl groups excluding tert-OH is 1. The van der Waals surface area contributed by atoms with E-state index in [1.807, 2.05) is 6.07 Å². The first kappa shape index (κ1) is 17.1. The summed E-state index contributed by atoms with van der Waals surface area (Å²) in [6, 6.07) is 18.7. The maximum absolute atomic E-state index is 12.2. The number of rotatable bonds is 5. The zero-order valence-corrected chi connectivity index (χ0v) is 13.7. The van der Waals surface area contributed by atoms with Crippen LogP contribution in [0.4, 0.5) is 5.69 Å². The fourth-order valence-corrected chi connectivity index (χ4v) is 2.20. The molecule has 6 heteroatoms. The summed E-state index contributed by atoms with van der Waals surface area (Å²) < 4.78 is 5.61. The summed E-state index contributed by atoms with van der Waals surface area (Å²) in [6.07, 6.45) is 1.50. The topological polar surface area (TPSA) is 95.2 Å². The van der Waals surface area contributed by atoms with E-state index < -0.39 is 0 Å². The quantitative estimate of drug-likeness (QED) is 0.738. The molecule has 128 valence electrons. The Morgan fingerprint density at radius 2 is 1.81 bits per heavy atom. The number of anilines is 1. The lowest BCUT2D eigenvalue weighted by molar-refractivity contribution is 0.102. The third-order valence-corrected chi connectivity index (χ3v) is 3.60. The van der Waals surface area contributed by atoms with E-state index in [-0.39, 0.29) is 12.5 Å². The van der Waals surface area contributed by atoms with Crippen LogP contribution < -0.4 is 10.1 Å². The fraction of sp³-hybridized carbons (Fsp3) is 0.0500. The zero-order valence-electron chi connectivity index (χ0n) is 13.7. The highest BCUT2D eigenvalue weighted by Crippen LogP contribution is 2.21. The molecule has 2 aromatic carbocycles. The monoisotopic (exact) mass is 345 g/mol. The van der Waals surface area contributed by atoms with Crippen LogP contribution in [-0.2, 0) is 6.61 Å². The van der Waals surface area contributed by atoms with Gasteiger partial charge in [-0.25, -0.2) is 4.98 Å². The van der Waals surface area contributed by atoms with E-state index in [2.05, 4.69) is 10.3 Å². The molecule has 2 N–H and O–H groups in total. The molecule has 3 rings (SSSR count). The van der Waals surface area contributed by atoms with Crippen molar-refractivity contribution in [3.63, 3.8) is 0 Å². The Kier molecular flexibility index (Phi) is 5.22. The minimum atomic E-state index is -0.287. The van der Waals surface area contributed by atoms with E-state index in [9.17, 15) is 4.79 Å². The minimum Gasteiger partial charge on any atom is -0.439 e. The highest BCUT2D eigenvalue weighted by atomic mass is 16.5. The molecule has 26 heavy (non-hydrogen) atoms. The molecule has 0 atom stereocenters. The SMILES string of the molecule is N#Cc1ccc(C(=O)Nc2ccc(Oc3ccc(CO)cc3)nc2)cc1. The van der Waals surface area contributed by atoms with Gasteiger partial charge in [-0.15, -0.1) is 0 Å². The lowest BCUT2D eigenvalue weighted by Gasteiger charge is -2.08. The second kappa shape index (κ2) is 7.92. The number of amides is 1. The molecule has 0 spiro atoms. The van der Waals surface area contributed by atoms with Gasteiger partial charge in [0.05, 0.1) is 30.1 Å². The minimum absolute atomic E-state index is 0.0217. The van der Waals surface area contributed by atoms with Gasteiger partial charge in [-0.2, -0.15) is 5.26 Å². The van der Waals surface area contributed by atoms with Gasteiger partial charge >= 0.3 is 0 Å². The van der Waals surface area contributed by atoms with Crippen molar-refractivity contribution in [1.29, 1.82) is 5.26 Å². The van der Waals surface area contributed by atoms with Crippen molar-refractivity contribution in [3.8, 4) is 17.7 Å². The Morgan fingerprint density at radius 3 is 2.38 bits per heavy atom. The maximum Gasteiger partial charge on any atom is 0.255 e. The van der Waals surface area contributed by atoms with E-state index in [0.717, 1.165) is 5.56 Å². The number of ether oxygens (including phenoxy) is 1. The number of benzene rings is 2. The maximum atomic E-state index is 12.2. The molecule has 0 aliphatic rings. The number of hydrogen-bond acceptors (Lipinski definition) is 5. The van der Waals surface area contributed by atoms with E-state index in [4.69, 9.17) is 15.1 Å². The van der Waals surface area contributed by atoms with Crippen LogP contribution in [0.1, 0.15) is 21.5 Å². The van der Waals surface area contributed by atoms with Crippen LogP contribution in [-0.4, -0.2) is 16.0 Å². The van der Waals surface area contributed by atoms with Gasteiger partial charge in [-0.1, -0.05) is 12.1 Å². The van der Waals surface area contributed by atoms with Crippen molar-refractivity contribution >= 4 is 11.6 Å². The first-order chi connectivity index (χ1) is 12.7. The van der Waals surface area contributed by atoms with Crippen molar-refractivity contribution in [2.75, 3.05) is 5.32 Å². The average Bonchev–Trinajstić information content (AvgIpc) is 2.70. The molecule has 1 heterocycles. The molecule has 0 unspecified atom stereocenters. The Balaban J connectivity index is 1.63. The van der Waals surface area contributed by atoms with E-state index in [0.29, 0.717) is 28.4 Å². The van der Waals surface area contributed by atoms with E-state index in [1.54, 1.807) is 60.7 Å². The second-order valence-corrected chi connectivity index (χ2v) is 5.43. The average molecular weight is 345 g/mol. The van der Waals surface area contributed by atoms with Gasteiger partial charge in [-0.3, -0.25) is 4.79 Å². The van der Waals surface area contributed by atoms with Crippen LogP contribution in [0.3, 0.4) is 0 Å². The lowest BCUT2D eigenvalue weighted by Crippen LogP contribution is -2.11. The third-order valence-electron chi connectivity index (χ3n) is 3.60. The summed E-state index contributed by atoms with van der Waals surface area (Å²) in [6.45, 7) is -0.0217. The van der Waals surface area contributed by atoms with Crippen LogP contribution >= 0.6 is 0 Å². The van der Waals surface area contributed by atoms with Crippen molar-refractivity contribution < 1.29 is 14.6 Å².